The van der Waals surface area contributed by atoms with Crippen LogP contribution in [0.1, 0.15) is 15.9 Å². The molecule has 0 unspecified atom stereocenters. The van der Waals surface area contributed by atoms with E-state index in [1.54, 1.807) is 36.4 Å². The molecule has 0 saturated carbocycles. The van der Waals surface area contributed by atoms with E-state index in [1.807, 2.05) is 12.1 Å². The Morgan fingerprint density at radius 1 is 1.22 bits per heavy atom. The number of rotatable bonds is 9. The van der Waals surface area contributed by atoms with Gasteiger partial charge in [-0.25, -0.2) is 5.43 Å². The van der Waals surface area contributed by atoms with Gasteiger partial charge >= 0.3 is 0 Å². The van der Waals surface area contributed by atoms with Crippen molar-refractivity contribution in [3.63, 3.8) is 0 Å². The van der Waals surface area contributed by atoms with Crippen molar-refractivity contribution >= 4 is 12.1 Å². The molecule has 0 radical (unpaired) electrons. The lowest BCUT2D eigenvalue weighted by atomic mass is 10.2. The van der Waals surface area contributed by atoms with E-state index in [9.17, 15) is 4.79 Å². The summed E-state index contributed by atoms with van der Waals surface area (Å²) < 4.78 is 16.1. The van der Waals surface area contributed by atoms with Gasteiger partial charge in [0.2, 0.25) is 0 Å². The summed E-state index contributed by atoms with van der Waals surface area (Å²) in [6.07, 6.45) is 8.32. The number of nitrogens with one attached hydrogen (secondary N) is 1. The van der Waals surface area contributed by atoms with Gasteiger partial charge in [-0.15, -0.1) is 6.42 Å². The zero-order valence-electron chi connectivity index (χ0n) is 15.0. The molecule has 138 valence electrons. The average molecular weight is 364 g/mol. The number of amides is 1. The zero-order chi connectivity index (χ0) is 19.5. The quantitative estimate of drug-likeness (QED) is 0.321. The molecule has 0 atom stereocenters. The van der Waals surface area contributed by atoms with Crippen LogP contribution in [-0.4, -0.2) is 32.4 Å². The first kappa shape index (κ1) is 19.6. The van der Waals surface area contributed by atoms with Crippen LogP contribution in [0.2, 0.25) is 0 Å². The number of para-hydroxylation sites is 1. The smallest absolute Gasteiger partial charge is 0.271 e. The fourth-order valence-electron chi connectivity index (χ4n) is 2.14. The highest BCUT2D eigenvalue weighted by Crippen LogP contribution is 2.28. The van der Waals surface area contributed by atoms with E-state index in [-0.39, 0.29) is 12.5 Å². The summed E-state index contributed by atoms with van der Waals surface area (Å²) >= 11 is 0. The molecule has 1 amide bonds. The van der Waals surface area contributed by atoms with Crippen LogP contribution >= 0.6 is 0 Å². The lowest BCUT2D eigenvalue weighted by Crippen LogP contribution is -2.17. The highest BCUT2D eigenvalue weighted by atomic mass is 16.5. The minimum absolute atomic E-state index is 0.150. The number of carbonyl (C=O) groups is 1. The molecular weight excluding hydrogens is 344 g/mol. The number of benzene rings is 2. The maximum atomic E-state index is 12.3. The van der Waals surface area contributed by atoms with E-state index in [2.05, 4.69) is 23.0 Å². The molecule has 27 heavy (non-hydrogen) atoms. The highest BCUT2D eigenvalue weighted by Gasteiger charge is 2.10. The van der Waals surface area contributed by atoms with Crippen molar-refractivity contribution in [1.29, 1.82) is 0 Å². The van der Waals surface area contributed by atoms with Crippen LogP contribution in [0, 0.1) is 12.3 Å². The Morgan fingerprint density at radius 2 is 2.04 bits per heavy atom. The summed E-state index contributed by atoms with van der Waals surface area (Å²) in [6.45, 7) is 4.08. The molecule has 0 aliphatic heterocycles. The van der Waals surface area contributed by atoms with Crippen LogP contribution in [0.15, 0.2) is 60.2 Å². The average Bonchev–Trinajstić information content (AvgIpc) is 2.71. The van der Waals surface area contributed by atoms with Crippen LogP contribution < -0.4 is 19.6 Å². The minimum Gasteiger partial charge on any atom is -0.493 e. The standard InChI is InChI=1S/C21H20N2O4/c1-4-12-26-18-9-7-6-8-17(18)15-22-23-21(24)16-10-11-19(27-13-5-2)20(14-16)25-3/h1,5-11,14-15H,2,12-13H2,3H3,(H,23,24)/b22-15+. The fraction of sp³-hybridized carbons (Fsp3) is 0.143. The van der Waals surface area contributed by atoms with Crippen LogP contribution in [-0.2, 0) is 0 Å². The number of hydrazone groups is 1. The van der Waals surface area contributed by atoms with Crippen LogP contribution in [0.5, 0.6) is 17.2 Å². The largest absolute Gasteiger partial charge is 0.493 e. The maximum absolute atomic E-state index is 12.3. The Hall–Kier alpha value is -3.72. The lowest BCUT2D eigenvalue weighted by Gasteiger charge is -2.10. The lowest BCUT2D eigenvalue weighted by molar-refractivity contribution is 0.0954. The van der Waals surface area contributed by atoms with E-state index in [4.69, 9.17) is 20.6 Å². The van der Waals surface area contributed by atoms with E-state index < -0.39 is 0 Å². The van der Waals surface area contributed by atoms with Gasteiger partial charge in [0.25, 0.3) is 5.91 Å². The van der Waals surface area contributed by atoms with Crippen molar-refractivity contribution in [1.82, 2.24) is 5.43 Å². The summed E-state index contributed by atoms with van der Waals surface area (Å²) in [4.78, 5) is 12.3. The molecule has 6 heteroatoms. The predicted octanol–water partition coefficient (Wildman–Crippen LogP) is 3.04. The Morgan fingerprint density at radius 3 is 2.78 bits per heavy atom. The summed E-state index contributed by atoms with van der Waals surface area (Å²) in [7, 11) is 1.50. The van der Waals surface area contributed by atoms with Gasteiger partial charge in [0.05, 0.1) is 13.3 Å². The van der Waals surface area contributed by atoms with E-state index >= 15 is 0 Å². The number of terminal acetylenes is 1. The third-order valence-electron chi connectivity index (χ3n) is 3.38. The summed E-state index contributed by atoms with van der Waals surface area (Å²) in [5.41, 5.74) is 3.54. The van der Waals surface area contributed by atoms with Crippen molar-refractivity contribution < 1.29 is 19.0 Å². The van der Waals surface area contributed by atoms with Crippen molar-refractivity contribution in [3.05, 3.63) is 66.2 Å². The van der Waals surface area contributed by atoms with Crippen LogP contribution in [0.4, 0.5) is 0 Å². The summed E-state index contributed by atoms with van der Waals surface area (Å²) in [6, 6.07) is 12.1. The first-order valence-electron chi connectivity index (χ1n) is 8.10. The first-order valence-corrected chi connectivity index (χ1v) is 8.10. The number of methoxy groups -OCH3 is 1. The number of hydrogen-bond donors (Lipinski definition) is 1. The number of carbonyl (C=O) groups excluding carboxylic acids is 1. The second-order valence-corrected chi connectivity index (χ2v) is 5.20. The topological polar surface area (TPSA) is 69.2 Å². The Labute approximate surface area is 158 Å². The second kappa shape index (κ2) is 10.3. The van der Waals surface area contributed by atoms with Crippen molar-refractivity contribution in [2.75, 3.05) is 20.3 Å². The molecule has 0 fully saturated rings. The Balaban J connectivity index is 2.06. The van der Waals surface area contributed by atoms with Gasteiger partial charge in [-0.3, -0.25) is 4.79 Å². The van der Waals surface area contributed by atoms with Crippen molar-refractivity contribution in [2.24, 2.45) is 5.10 Å². The Bertz CT molecular complexity index is 869. The normalized spacial score (nSPS) is 10.1. The third kappa shape index (κ3) is 5.65. The van der Waals surface area contributed by atoms with Gasteiger partial charge in [0, 0.05) is 11.1 Å². The van der Waals surface area contributed by atoms with Crippen molar-refractivity contribution in [2.45, 2.75) is 0 Å². The Kier molecular flexibility index (Phi) is 7.49. The monoisotopic (exact) mass is 364 g/mol. The van der Waals surface area contributed by atoms with E-state index in [0.717, 1.165) is 0 Å². The van der Waals surface area contributed by atoms with Gasteiger partial charge < -0.3 is 14.2 Å². The fourth-order valence-corrected chi connectivity index (χ4v) is 2.14. The molecule has 2 aromatic rings. The molecule has 0 heterocycles. The van der Waals surface area contributed by atoms with Gasteiger partial charge in [-0.2, -0.15) is 5.10 Å². The van der Waals surface area contributed by atoms with Gasteiger partial charge in [0.1, 0.15) is 19.0 Å². The van der Waals surface area contributed by atoms with E-state index in [0.29, 0.717) is 35.0 Å². The van der Waals surface area contributed by atoms with Gasteiger partial charge in [0.15, 0.2) is 11.5 Å². The SMILES string of the molecule is C#CCOc1ccccc1/C=N/NC(=O)c1ccc(OCC=C)c(OC)c1. The number of nitrogens with zero attached hydrogens (tertiary/aromatic N) is 1. The van der Waals surface area contributed by atoms with Gasteiger partial charge in [-0.05, 0) is 30.3 Å². The molecule has 0 aliphatic rings. The molecule has 0 aliphatic carbocycles. The first-order chi connectivity index (χ1) is 13.2. The molecule has 2 aromatic carbocycles. The minimum atomic E-state index is -0.387. The summed E-state index contributed by atoms with van der Waals surface area (Å²) in [5, 5.41) is 3.97. The molecular formula is C21H20N2O4. The van der Waals surface area contributed by atoms with Crippen LogP contribution in [0.3, 0.4) is 0 Å². The molecule has 0 aromatic heterocycles. The van der Waals surface area contributed by atoms with Crippen LogP contribution in [0.25, 0.3) is 0 Å². The number of ether oxygens (including phenoxy) is 3. The predicted molar refractivity (Wildman–Crippen MR) is 105 cm³/mol. The molecule has 1 N–H and O–H groups in total. The third-order valence-corrected chi connectivity index (χ3v) is 3.38. The second-order valence-electron chi connectivity index (χ2n) is 5.20. The van der Waals surface area contributed by atoms with Crippen molar-refractivity contribution in [3.8, 4) is 29.6 Å². The molecule has 0 spiro atoms. The molecule has 6 nitrogen and oxygen atoms in total. The zero-order valence-corrected chi connectivity index (χ0v) is 15.0. The molecule has 0 bridgehead atoms. The molecule has 2 rings (SSSR count). The summed E-state index contributed by atoms with van der Waals surface area (Å²) in [5.74, 6) is 3.57. The molecule has 0 saturated heterocycles. The van der Waals surface area contributed by atoms with Gasteiger partial charge in [-0.1, -0.05) is 30.7 Å². The number of hydrogen-bond acceptors (Lipinski definition) is 5. The maximum Gasteiger partial charge on any atom is 0.271 e. The van der Waals surface area contributed by atoms with E-state index in [1.165, 1.54) is 13.3 Å². The highest BCUT2D eigenvalue weighted by molar-refractivity contribution is 5.95.